The van der Waals surface area contributed by atoms with Crippen molar-refractivity contribution in [1.82, 2.24) is 9.55 Å². The molecule has 3 rings (SSSR count). The van der Waals surface area contributed by atoms with Crippen molar-refractivity contribution in [1.29, 1.82) is 0 Å². The number of nitrogens with zero attached hydrogens (tertiary/aromatic N) is 1. The van der Waals surface area contributed by atoms with Crippen molar-refractivity contribution in [3.05, 3.63) is 55.7 Å². The first kappa shape index (κ1) is 13.1. The molecule has 0 saturated heterocycles. The van der Waals surface area contributed by atoms with E-state index in [0.29, 0.717) is 4.77 Å². The van der Waals surface area contributed by atoms with E-state index in [9.17, 15) is 0 Å². The summed E-state index contributed by atoms with van der Waals surface area (Å²) in [5.74, 6) is 0. The molecule has 1 heterocycles. The SMILES string of the molecule is Cc1cc(Br)ccc1-n1c(=S)[nH]c2ccc(Br)cc21. The molecule has 0 atom stereocenters. The maximum Gasteiger partial charge on any atom is 0.182 e. The summed E-state index contributed by atoms with van der Waals surface area (Å²) in [4.78, 5) is 3.24. The molecular weight excluding hydrogens is 388 g/mol. The molecule has 2 nitrogen and oxygen atoms in total. The Morgan fingerprint density at radius 2 is 1.74 bits per heavy atom. The second kappa shape index (κ2) is 4.89. The highest BCUT2D eigenvalue weighted by atomic mass is 79.9. The molecule has 0 spiro atoms. The van der Waals surface area contributed by atoms with Crippen molar-refractivity contribution in [2.75, 3.05) is 0 Å². The molecule has 0 radical (unpaired) electrons. The van der Waals surface area contributed by atoms with Crippen molar-refractivity contribution >= 4 is 55.1 Å². The van der Waals surface area contributed by atoms with Crippen LogP contribution >= 0.6 is 44.1 Å². The van der Waals surface area contributed by atoms with Crippen LogP contribution in [0.5, 0.6) is 0 Å². The van der Waals surface area contributed by atoms with E-state index < -0.39 is 0 Å². The second-order valence-electron chi connectivity index (χ2n) is 4.36. The summed E-state index contributed by atoms with van der Waals surface area (Å²) in [6.45, 7) is 2.08. The lowest BCUT2D eigenvalue weighted by Gasteiger charge is -2.09. The molecular formula is C14H10Br2N2S. The van der Waals surface area contributed by atoms with Crippen LogP contribution in [0.4, 0.5) is 0 Å². The third-order valence-electron chi connectivity index (χ3n) is 3.05. The molecule has 0 fully saturated rings. The van der Waals surface area contributed by atoms with Gasteiger partial charge in [0.05, 0.1) is 16.7 Å². The van der Waals surface area contributed by atoms with Gasteiger partial charge < -0.3 is 4.98 Å². The molecule has 1 N–H and O–H groups in total. The van der Waals surface area contributed by atoms with E-state index in [4.69, 9.17) is 12.2 Å². The Labute approximate surface area is 132 Å². The van der Waals surface area contributed by atoms with Crippen LogP contribution in [-0.2, 0) is 0 Å². The Hall–Kier alpha value is -0.910. The van der Waals surface area contributed by atoms with E-state index in [1.807, 2.05) is 18.2 Å². The van der Waals surface area contributed by atoms with Gasteiger partial charge in [-0.3, -0.25) is 4.57 Å². The van der Waals surface area contributed by atoms with E-state index in [0.717, 1.165) is 25.7 Å². The molecule has 96 valence electrons. The Kier molecular flexibility index (Phi) is 3.37. The molecule has 0 aliphatic carbocycles. The monoisotopic (exact) mass is 396 g/mol. The number of rotatable bonds is 1. The summed E-state index contributed by atoms with van der Waals surface area (Å²) in [6, 6.07) is 12.3. The van der Waals surface area contributed by atoms with Crippen LogP contribution in [0, 0.1) is 11.7 Å². The second-order valence-corrected chi connectivity index (χ2v) is 6.58. The fraction of sp³-hybridized carbons (Fsp3) is 0.0714. The zero-order chi connectivity index (χ0) is 13.6. The standard InChI is InChI=1S/C14H10Br2N2S/c1-8-6-9(15)3-5-12(8)18-13-7-10(16)2-4-11(13)17-14(18)19/h2-7H,1H3,(H,17,19). The van der Waals surface area contributed by atoms with Crippen LogP contribution < -0.4 is 0 Å². The largest absolute Gasteiger partial charge is 0.330 e. The van der Waals surface area contributed by atoms with Gasteiger partial charge in [0.2, 0.25) is 0 Å². The van der Waals surface area contributed by atoms with Crippen molar-refractivity contribution in [2.24, 2.45) is 0 Å². The number of H-pyrrole nitrogens is 1. The van der Waals surface area contributed by atoms with Crippen molar-refractivity contribution in [3.63, 3.8) is 0 Å². The van der Waals surface area contributed by atoms with Crippen molar-refractivity contribution in [3.8, 4) is 5.69 Å². The molecule has 0 saturated carbocycles. The highest BCUT2D eigenvalue weighted by molar-refractivity contribution is 9.10. The fourth-order valence-electron chi connectivity index (χ4n) is 2.18. The third-order valence-corrected chi connectivity index (χ3v) is 4.32. The molecule has 0 aliphatic heterocycles. The lowest BCUT2D eigenvalue weighted by atomic mass is 10.2. The van der Waals surface area contributed by atoms with Gasteiger partial charge in [-0.2, -0.15) is 0 Å². The van der Waals surface area contributed by atoms with E-state index in [1.54, 1.807) is 0 Å². The number of fused-ring (bicyclic) bond motifs is 1. The summed E-state index contributed by atoms with van der Waals surface area (Å²) in [5, 5.41) is 0. The zero-order valence-electron chi connectivity index (χ0n) is 10.1. The first-order valence-electron chi connectivity index (χ1n) is 5.73. The molecule has 0 aliphatic rings. The molecule has 19 heavy (non-hydrogen) atoms. The predicted molar refractivity (Wildman–Crippen MR) is 88.6 cm³/mol. The summed E-state index contributed by atoms with van der Waals surface area (Å²) in [5.41, 5.74) is 4.38. The molecule has 0 amide bonds. The van der Waals surface area contributed by atoms with Gasteiger partial charge in [-0.1, -0.05) is 31.9 Å². The number of benzene rings is 2. The minimum Gasteiger partial charge on any atom is -0.330 e. The first-order valence-corrected chi connectivity index (χ1v) is 7.72. The molecule has 3 aromatic rings. The highest BCUT2D eigenvalue weighted by Crippen LogP contribution is 2.26. The molecule has 0 bridgehead atoms. The minimum absolute atomic E-state index is 0.707. The van der Waals surface area contributed by atoms with Crippen LogP contribution in [0.2, 0.25) is 0 Å². The van der Waals surface area contributed by atoms with Gasteiger partial charge in [0.15, 0.2) is 4.77 Å². The van der Waals surface area contributed by atoms with Crippen LogP contribution in [0.1, 0.15) is 5.56 Å². The van der Waals surface area contributed by atoms with Crippen LogP contribution in [-0.4, -0.2) is 9.55 Å². The summed E-state index contributed by atoms with van der Waals surface area (Å²) >= 11 is 12.4. The number of halogens is 2. The predicted octanol–water partition coefficient (Wildman–Crippen LogP) is 5.52. The Morgan fingerprint density at radius 1 is 1.05 bits per heavy atom. The maximum atomic E-state index is 5.45. The van der Waals surface area contributed by atoms with Gasteiger partial charge >= 0.3 is 0 Å². The lowest BCUT2D eigenvalue weighted by molar-refractivity contribution is 1.05. The van der Waals surface area contributed by atoms with Crippen molar-refractivity contribution < 1.29 is 0 Å². The van der Waals surface area contributed by atoms with Gasteiger partial charge in [-0.25, -0.2) is 0 Å². The number of imidazole rings is 1. The molecule has 2 aromatic carbocycles. The fourth-order valence-corrected chi connectivity index (χ4v) is 3.32. The summed E-state index contributed by atoms with van der Waals surface area (Å²) in [6.07, 6.45) is 0. The number of hydrogen-bond acceptors (Lipinski definition) is 1. The zero-order valence-corrected chi connectivity index (χ0v) is 14.1. The van der Waals surface area contributed by atoms with Gasteiger partial charge in [-0.05, 0) is 61.1 Å². The van der Waals surface area contributed by atoms with Gasteiger partial charge in [0.25, 0.3) is 0 Å². The molecule has 5 heteroatoms. The summed E-state index contributed by atoms with van der Waals surface area (Å²) < 4.78 is 4.88. The number of aryl methyl sites for hydroxylation is 1. The van der Waals surface area contributed by atoms with Crippen LogP contribution in [0.15, 0.2) is 45.3 Å². The van der Waals surface area contributed by atoms with Crippen LogP contribution in [0.25, 0.3) is 16.7 Å². The third kappa shape index (κ3) is 2.30. The number of nitrogens with one attached hydrogen (secondary N) is 1. The Bertz CT molecular complexity index is 833. The summed E-state index contributed by atoms with van der Waals surface area (Å²) in [7, 11) is 0. The average molecular weight is 398 g/mol. The van der Waals surface area contributed by atoms with Gasteiger partial charge in [0, 0.05) is 8.95 Å². The van der Waals surface area contributed by atoms with Crippen LogP contribution in [0.3, 0.4) is 0 Å². The van der Waals surface area contributed by atoms with E-state index >= 15 is 0 Å². The quantitative estimate of drug-likeness (QED) is 0.536. The van der Waals surface area contributed by atoms with E-state index in [2.05, 4.69) is 66.5 Å². The van der Waals surface area contributed by atoms with Gasteiger partial charge in [-0.15, -0.1) is 0 Å². The van der Waals surface area contributed by atoms with E-state index in [1.165, 1.54) is 5.56 Å². The number of aromatic nitrogens is 2. The number of hydrogen-bond donors (Lipinski definition) is 1. The Balaban J connectivity index is 2.38. The highest BCUT2D eigenvalue weighted by Gasteiger charge is 2.09. The first-order chi connectivity index (χ1) is 9.06. The van der Waals surface area contributed by atoms with E-state index in [-0.39, 0.29) is 0 Å². The average Bonchev–Trinajstić information content (AvgIpc) is 2.65. The topological polar surface area (TPSA) is 20.7 Å². The van der Waals surface area contributed by atoms with Gasteiger partial charge in [0.1, 0.15) is 0 Å². The Morgan fingerprint density at radius 3 is 2.47 bits per heavy atom. The molecule has 0 unspecified atom stereocenters. The lowest BCUT2D eigenvalue weighted by Crippen LogP contribution is -1.96. The minimum atomic E-state index is 0.707. The normalized spacial score (nSPS) is 11.1. The number of aromatic amines is 1. The smallest absolute Gasteiger partial charge is 0.182 e. The molecule has 1 aromatic heterocycles. The van der Waals surface area contributed by atoms with Crippen molar-refractivity contribution in [2.45, 2.75) is 6.92 Å². The maximum absolute atomic E-state index is 5.45.